The number of rotatable bonds is 0. The van der Waals surface area contributed by atoms with Gasteiger partial charge in [-0.15, -0.1) is 0 Å². The van der Waals surface area contributed by atoms with Gasteiger partial charge in [0.15, 0.2) is 0 Å². The third-order valence-corrected chi connectivity index (χ3v) is 6.55. The Morgan fingerprint density at radius 1 is 1.29 bits per heavy atom. The Labute approximate surface area is 85.8 Å². The molecule has 0 aromatic heterocycles. The van der Waals surface area contributed by atoms with Crippen LogP contribution in [0.3, 0.4) is 0 Å². The summed E-state index contributed by atoms with van der Waals surface area (Å²) in [6.45, 7) is 0. The summed E-state index contributed by atoms with van der Waals surface area (Å²) in [7, 11) is 0. The molecule has 14 heavy (non-hydrogen) atoms. The first kappa shape index (κ1) is 7.09. The summed E-state index contributed by atoms with van der Waals surface area (Å²) in [4.78, 5) is 0. The maximum absolute atomic E-state index is 2.67. The van der Waals surface area contributed by atoms with E-state index in [0.29, 0.717) is 0 Å². The fourth-order valence-corrected chi connectivity index (χ4v) is 5.82. The van der Waals surface area contributed by atoms with Crippen LogP contribution in [0.1, 0.15) is 44.9 Å². The molecule has 4 saturated carbocycles. The van der Waals surface area contributed by atoms with Crippen molar-refractivity contribution in [3.05, 3.63) is 11.6 Å². The van der Waals surface area contributed by atoms with E-state index in [1.807, 2.05) is 5.57 Å². The molecule has 0 spiro atoms. The van der Waals surface area contributed by atoms with Crippen LogP contribution < -0.4 is 0 Å². The van der Waals surface area contributed by atoms with E-state index in [2.05, 4.69) is 6.08 Å². The molecule has 0 N–H and O–H groups in total. The zero-order valence-electron chi connectivity index (χ0n) is 8.76. The first-order valence-electron chi connectivity index (χ1n) is 6.58. The van der Waals surface area contributed by atoms with Crippen LogP contribution in [0.4, 0.5) is 0 Å². The largest absolute Gasteiger partial charge is 0.0845 e. The maximum Gasteiger partial charge on any atom is -0.00199 e. The highest BCUT2D eigenvalue weighted by molar-refractivity contribution is 5.46. The minimum Gasteiger partial charge on any atom is -0.0845 e. The second kappa shape index (κ2) is 1.74. The quantitative estimate of drug-likeness (QED) is 0.508. The van der Waals surface area contributed by atoms with Crippen molar-refractivity contribution in [3.63, 3.8) is 0 Å². The fourth-order valence-electron chi connectivity index (χ4n) is 5.82. The zero-order chi connectivity index (χ0) is 8.97. The molecule has 5 aliphatic carbocycles. The second-order valence-corrected chi connectivity index (χ2v) is 6.62. The van der Waals surface area contributed by atoms with Crippen molar-refractivity contribution in [1.82, 2.24) is 0 Å². The average molecular weight is 186 g/mol. The normalized spacial score (nSPS) is 66.3. The molecule has 0 aromatic carbocycles. The van der Waals surface area contributed by atoms with Crippen molar-refractivity contribution in [2.24, 2.45) is 28.6 Å². The molecule has 0 nitrogen and oxygen atoms in total. The first-order valence-corrected chi connectivity index (χ1v) is 6.58. The Balaban J connectivity index is 1.71. The first-order chi connectivity index (χ1) is 6.87. The highest BCUT2D eigenvalue weighted by Gasteiger charge is 2.84. The lowest BCUT2D eigenvalue weighted by Gasteiger charge is -2.46. The maximum atomic E-state index is 2.67. The summed E-state index contributed by atoms with van der Waals surface area (Å²) in [5, 5.41) is 0. The summed E-state index contributed by atoms with van der Waals surface area (Å²) in [6, 6.07) is 0. The van der Waals surface area contributed by atoms with Gasteiger partial charge in [-0.1, -0.05) is 11.6 Å². The summed E-state index contributed by atoms with van der Waals surface area (Å²) >= 11 is 0. The number of hydrogen-bond donors (Lipinski definition) is 0. The third kappa shape index (κ3) is 0.487. The molecule has 0 heteroatoms. The fraction of sp³-hybridized carbons (Fsp3) is 0.857. The van der Waals surface area contributed by atoms with Crippen molar-refractivity contribution in [2.75, 3.05) is 0 Å². The smallest absolute Gasteiger partial charge is 0.00199 e. The number of hydrogen-bond acceptors (Lipinski definition) is 0. The second-order valence-electron chi connectivity index (χ2n) is 6.62. The summed E-state index contributed by atoms with van der Waals surface area (Å²) < 4.78 is 0. The minimum atomic E-state index is 0.829. The van der Waals surface area contributed by atoms with Crippen LogP contribution in [0.5, 0.6) is 0 Å². The monoisotopic (exact) mass is 186 g/mol. The van der Waals surface area contributed by atoms with E-state index in [9.17, 15) is 0 Å². The Bertz CT molecular complexity index is 366. The lowest BCUT2D eigenvalue weighted by Crippen LogP contribution is -2.38. The van der Waals surface area contributed by atoms with Crippen molar-refractivity contribution in [2.45, 2.75) is 44.9 Å². The van der Waals surface area contributed by atoms with Gasteiger partial charge >= 0.3 is 0 Å². The molecule has 5 rings (SSSR count). The van der Waals surface area contributed by atoms with Gasteiger partial charge in [-0.3, -0.25) is 0 Å². The average Bonchev–Trinajstić information content (AvgIpc) is 3.04. The van der Waals surface area contributed by atoms with Gasteiger partial charge in [0.2, 0.25) is 0 Å². The van der Waals surface area contributed by atoms with E-state index in [-0.39, 0.29) is 0 Å². The van der Waals surface area contributed by atoms with Crippen LogP contribution in [-0.2, 0) is 0 Å². The predicted octanol–water partition coefficient (Wildman–Crippen LogP) is 3.53. The molecule has 74 valence electrons. The predicted molar refractivity (Wildman–Crippen MR) is 55.7 cm³/mol. The summed E-state index contributed by atoms with van der Waals surface area (Å²) in [6.07, 6.45) is 13.5. The lowest BCUT2D eigenvalue weighted by atomic mass is 9.58. The van der Waals surface area contributed by atoms with Gasteiger partial charge in [0.05, 0.1) is 0 Å². The van der Waals surface area contributed by atoms with Gasteiger partial charge in [-0.2, -0.15) is 0 Å². The molecule has 0 aromatic rings. The number of fused-ring (bicyclic) bond motifs is 3. The molecule has 5 atom stereocenters. The van der Waals surface area contributed by atoms with E-state index in [1.54, 1.807) is 32.1 Å². The van der Waals surface area contributed by atoms with Crippen molar-refractivity contribution >= 4 is 0 Å². The molecular formula is C14H18. The molecule has 5 unspecified atom stereocenters. The van der Waals surface area contributed by atoms with Crippen LogP contribution in [0.25, 0.3) is 0 Å². The molecule has 5 aliphatic rings. The minimum absolute atomic E-state index is 0.829. The molecule has 0 heterocycles. The van der Waals surface area contributed by atoms with Gasteiger partial charge in [-0.25, -0.2) is 0 Å². The van der Waals surface area contributed by atoms with Crippen LogP contribution in [0.15, 0.2) is 11.6 Å². The molecule has 4 fully saturated rings. The van der Waals surface area contributed by atoms with E-state index in [4.69, 9.17) is 0 Å². The van der Waals surface area contributed by atoms with Crippen LogP contribution in [-0.4, -0.2) is 0 Å². The third-order valence-electron chi connectivity index (χ3n) is 6.55. The molecule has 0 amide bonds. The van der Waals surface area contributed by atoms with Crippen molar-refractivity contribution in [1.29, 1.82) is 0 Å². The Morgan fingerprint density at radius 2 is 2.29 bits per heavy atom. The van der Waals surface area contributed by atoms with Crippen molar-refractivity contribution < 1.29 is 0 Å². The molecule has 0 saturated heterocycles. The Morgan fingerprint density at radius 3 is 3.14 bits per heavy atom. The Hall–Kier alpha value is -0.260. The highest BCUT2D eigenvalue weighted by Crippen LogP contribution is 2.92. The standard InChI is InChI=1S/C14H18/c1-2-4-11-9(3-1)10-7-12(10)14-6-5-13(11,14)8-14/h4,9-10,12H,1-3,5-8H2. The van der Waals surface area contributed by atoms with Crippen molar-refractivity contribution in [3.8, 4) is 0 Å². The molecule has 0 radical (unpaired) electrons. The van der Waals surface area contributed by atoms with Gasteiger partial charge in [-0.05, 0) is 73.5 Å². The van der Waals surface area contributed by atoms with E-state index in [0.717, 1.165) is 22.7 Å². The van der Waals surface area contributed by atoms with Gasteiger partial charge < -0.3 is 0 Å². The lowest BCUT2D eigenvalue weighted by molar-refractivity contribution is 0.119. The van der Waals surface area contributed by atoms with Crippen LogP contribution in [0.2, 0.25) is 0 Å². The topological polar surface area (TPSA) is 0 Å². The summed E-state index contributed by atoms with van der Waals surface area (Å²) in [5.74, 6) is 3.44. The highest BCUT2D eigenvalue weighted by atomic mass is 14.9. The van der Waals surface area contributed by atoms with Crippen LogP contribution in [0, 0.1) is 28.6 Å². The van der Waals surface area contributed by atoms with Crippen LogP contribution >= 0.6 is 0 Å². The van der Waals surface area contributed by atoms with Gasteiger partial charge in [0.25, 0.3) is 0 Å². The number of allylic oxidation sites excluding steroid dienone is 2. The van der Waals surface area contributed by atoms with E-state index in [1.165, 1.54) is 18.8 Å². The van der Waals surface area contributed by atoms with Gasteiger partial charge in [0.1, 0.15) is 0 Å². The van der Waals surface area contributed by atoms with E-state index >= 15 is 0 Å². The SMILES string of the molecule is C1=C2C(CCC1)C1CC1C13CCC21C3. The molecule has 0 bridgehead atoms. The molecule has 0 aliphatic heterocycles. The zero-order valence-corrected chi connectivity index (χ0v) is 8.76. The van der Waals surface area contributed by atoms with E-state index < -0.39 is 0 Å². The molecular weight excluding hydrogens is 168 g/mol. The summed E-state index contributed by atoms with van der Waals surface area (Å²) in [5.41, 5.74) is 3.72. The van der Waals surface area contributed by atoms with Gasteiger partial charge in [0, 0.05) is 0 Å². The Kier molecular flexibility index (Phi) is 0.882.